The van der Waals surface area contributed by atoms with Gasteiger partial charge < -0.3 is 0 Å². The normalized spacial score (nSPS) is 18.0. The molecule has 2 aromatic rings. The lowest BCUT2D eigenvalue weighted by Gasteiger charge is -2.31. The summed E-state index contributed by atoms with van der Waals surface area (Å²) in [5.74, 6) is 0.500. The van der Waals surface area contributed by atoms with E-state index in [1.807, 2.05) is 12.1 Å². The van der Waals surface area contributed by atoms with Crippen molar-refractivity contribution in [1.29, 1.82) is 0 Å². The molecule has 1 aromatic carbocycles. The Bertz CT molecular complexity index is 764. The van der Waals surface area contributed by atoms with Gasteiger partial charge in [-0.15, -0.1) is 11.3 Å². The average Bonchev–Trinajstić information content (AvgIpc) is 3.09. The summed E-state index contributed by atoms with van der Waals surface area (Å²) in [5.41, 5.74) is 1.18. The van der Waals surface area contributed by atoms with Crippen molar-refractivity contribution in [3.8, 4) is 0 Å². The van der Waals surface area contributed by atoms with E-state index in [9.17, 15) is 8.42 Å². The third kappa shape index (κ3) is 3.58. The van der Waals surface area contributed by atoms with Crippen molar-refractivity contribution in [3.05, 3.63) is 52.2 Å². The molecule has 1 aliphatic heterocycles. The van der Waals surface area contributed by atoms with Crippen LogP contribution in [0.25, 0.3) is 0 Å². The van der Waals surface area contributed by atoms with Crippen LogP contribution in [0.15, 0.2) is 46.7 Å². The van der Waals surface area contributed by atoms with Crippen molar-refractivity contribution in [2.45, 2.75) is 49.8 Å². The van der Waals surface area contributed by atoms with E-state index in [2.05, 4.69) is 38.3 Å². The predicted molar refractivity (Wildman–Crippen MR) is 100 cm³/mol. The standard InChI is InChI=1S/C19H25NO2S2/c1-19(2,3)16-6-8-17(9-7-16)24(21,22)20-12-10-15(11-13-20)18-5-4-14-23-18/h4-9,14-15H,10-13H2,1-3H3. The molecule has 2 heterocycles. The van der Waals surface area contributed by atoms with E-state index >= 15 is 0 Å². The Balaban J connectivity index is 1.72. The topological polar surface area (TPSA) is 37.4 Å². The van der Waals surface area contributed by atoms with Crippen LogP contribution in [0.1, 0.15) is 50.0 Å². The van der Waals surface area contributed by atoms with Crippen LogP contribution in [0.2, 0.25) is 0 Å². The summed E-state index contributed by atoms with van der Waals surface area (Å²) in [6.07, 6.45) is 1.81. The molecule has 0 saturated carbocycles. The molecule has 1 saturated heterocycles. The minimum Gasteiger partial charge on any atom is -0.207 e. The summed E-state index contributed by atoms with van der Waals surface area (Å²) in [7, 11) is -3.38. The molecule has 1 aliphatic rings. The lowest BCUT2D eigenvalue weighted by atomic mass is 9.87. The maximum atomic E-state index is 12.9. The Kier molecular flexibility index (Phi) is 4.87. The molecule has 0 bridgehead atoms. The Morgan fingerprint density at radius 1 is 1.04 bits per heavy atom. The number of hydrogen-bond donors (Lipinski definition) is 0. The maximum Gasteiger partial charge on any atom is 0.243 e. The van der Waals surface area contributed by atoms with Crippen LogP contribution in [-0.4, -0.2) is 25.8 Å². The van der Waals surface area contributed by atoms with Gasteiger partial charge in [-0.25, -0.2) is 8.42 Å². The number of benzene rings is 1. The summed E-state index contributed by atoms with van der Waals surface area (Å²) in [6, 6.07) is 11.6. The van der Waals surface area contributed by atoms with Crippen molar-refractivity contribution >= 4 is 21.4 Å². The Morgan fingerprint density at radius 3 is 2.17 bits per heavy atom. The monoisotopic (exact) mass is 363 g/mol. The van der Waals surface area contributed by atoms with Gasteiger partial charge in [-0.2, -0.15) is 4.31 Å². The number of sulfonamides is 1. The highest BCUT2D eigenvalue weighted by molar-refractivity contribution is 7.89. The molecular weight excluding hydrogens is 338 g/mol. The first kappa shape index (κ1) is 17.6. The molecule has 0 amide bonds. The molecule has 130 valence electrons. The van der Waals surface area contributed by atoms with Crippen LogP contribution >= 0.6 is 11.3 Å². The third-order valence-electron chi connectivity index (χ3n) is 4.76. The number of piperidine rings is 1. The molecular formula is C19H25NO2S2. The van der Waals surface area contributed by atoms with E-state index in [1.54, 1.807) is 27.8 Å². The molecule has 24 heavy (non-hydrogen) atoms. The highest BCUT2D eigenvalue weighted by Crippen LogP contribution is 2.33. The molecule has 0 spiro atoms. The van der Waals surface area contributed by atoms with Gasteiger partial charge in [-0.05, 0) is 53.3 Å². The highest BCUT2D eigenvalue weighted by atomic mass is 32.2. The first-order valence-corrected chi connectivity index (χ1v) is 10.7. The van der Waals surface area contributed by atoms with Crippen molar-refractivity contribution in [2.24, 2.45) is 0 Å². The van der Waals surface area contributed by atoms with Crippen LogP contribution in [0.5, 0.6) is 0 Å². The van der Waals surface area contributed by atoms with E-state index in [-0.39, 0.29) is 5.41 Å². The quantitative estimate of drug-likeness (QED) is 0.798. The van der Waals surface area contributed by atoms with Crippen LogP contribution in [0.4, 0.5) is 0 Å². The summed E-state index contributed by atoms with van der Waals surface area (Å²) < 4.78 is 27.4. The number of hydrogen-bond acceptors (Lipinski definition) is 3. The highest BCUT2D eigenvalue weighted by Gasteiger charge is 2.30. The molecule has 0 radical (unpaired) electrons. The van der Waals surface area contributed by atoms with Gasteiger partial charge in [-0.1, -0.05) is 39.0 Å². The zero-order chi connectivity index (χ0) is 17.4. The Morgan fingerprint density at radius 2 is 1.67 bits per heavy atom. The van der Waals surface area contributed by atoms with Crippen molar-refractivity contribution < 1.29 is 8.42 Å². The second-order valence-electron chi connectivity index (χ2n) is 7.47. The smallest absolute Gasteiger partial charge is 0.207 e. The minimum absolute atomic E-state index is 0.0291. The average molecular weight is 364 g/mol. The van der Waals surface area contributed by atoms with Crippen LogP contribution < -0.4 is 0 Å². The summed E-state index contributed by atoms with van der Waals surface area (Å²) >= 11 is 1.77. The van der Waals surface area contributed by atoms with E-state index in [1.165, 1.54) is 4.88 Å². The zero-order valence-corrected chi connectivity index (χ0v) is 16.2. The second-order valence-corrected chi connectivity index (χ2v) is 10.4. The molecule has 1 fully saturated rings. The van der Waals surface area contributed by atoms with Crippen LogP contribution in [-0.2, 0) is 15.4 Å². The van der Waals surface area contributed by atoms with Gasteiger partial charge in [0.25, 0.3) is 0 Å². The van der Waals surface area contributed by atoms with E-state index in [0.29, 0.717) is 23.9 Å². The fraction of sp³-hybridized carbons (Fsp3) is 0.474. The van der Waals surface area contributed by atoms with E-state index < -0.39 is 10.0 Å². The van der Waals surface area contributed by atoms with Crippen molar-refractivity contribution in [1.82, 2.24) is 4.31 Å². The zero-order valence-electron chi connectivity index (χ0n) is 14.5. The number of rotatable bonds is 3. The minimum atomic E-state index is -3.38. The first-order chi connectivity index (χ1) is 11.3. The number of nitrogens with zero attached hydrogens (tertiary/aromatic N) is 1. The molecule has 0 aliphatic carbocycles. The lowest BCUT2D eigenvalue weighted by molar-refractivity contribution is 0.321. The van der Waals surface area contributed by atoms with Crippen molar-refractivity contribution in [3.63, 3.8) is 0 Å². The van der Waals surface area contributed by atoms with Gasteiger partial charge in [-0.3, -0.25) is 0 Å². The van der Waals surface area contributed by atoms with E-state index in [0.717, 1.165) is 18.4 Å². The van der Waals surface area contributed by atoms with Gasteiger partial charge in [0.05, 0.1) is 4.90 Å². The fourth-order valence-corrected chi connectivity index (χ4v) is 5.55. The maximum absolute atomic E-state index is 12.9. The first-order valence-electron chi connectivity index (χ1n) is 8.42. The van der Waals surface area contributed by atoms with Gasteiger partial charge in [0.1, 0.15) is 0 Å². The molecule has 0 N–H and O–H groups in total. The van der Waals surface area contributed by atoms with Crippen molar-refractivity contribution in [2.75, 3.05) is 13.1 Å². The SMILES string of the molecule is CC(C)(C)c1ccc(S(=O)(=O)N2CCC(c3cccs3)CC2)cc1. The summed E-state index contributed by atoms with van der Waals surface area (Å²) in [4.78, 5) is 1.78. The van der Waals surface area contributed by atoms with Gasteiger partial charge >= 0.3 is 0 Å². The van der Waals surface area contributed by atoms with Gasteiger partial charge in [0, 0.05) is 18.0 Å². The van der Waals surface area contributed by atoms with Gasteiger partial charge in [0.15, 0.2) is 0 Å². The predicted octanol–water partition coefficient (Wildman–Crippen LogP) is 4.61. The molecule has 0 unspecified atom stereocenters. The summed E-state index contributed by atoms with van der Waals surface area (Å²) in [5, 5.41) is 2.09. The molecule has 1 aromatic heterocycles. The fourth-order valence-electron chi connectivity index (χ4n) is 3.18. The second kappa shape index (κ2) is 6.62. The molecule has 3 nitrogen and oxygen atoms in total. The number of thiophene rings is 1. The molecule has 5 heteroatoms. The van der Waals surface area contributed by atoms with Crippen LogP contribution in [0, 0.1) is 0 Å². The molecule has 3 rings (SSSR count). The van der Waals surface area contributed by atoms with Crippen LogP contribution in [0.3, 0.4) is 0 Å². The Hall–Kier alpha value is -1.17. The lowest BCUT2D eigenvalue weighted by Crippen LogP contribution is -2.37. The Labute approximate surface area is 149 Å². The summed E-state index contributed by atoms with van der Waals surface area (Å²) in [6.45, 7) is 7.60. The van der Waals surface area contributed by atoms with E-state index in [4.69, 9.17) is 0 Å². The molecule has 0 atom stereocenters. The van der Waals surface area contributed by atoms with Gasteiger partial charge in [0.2, 0.25) is 10.0 Å². The third-order valence-corrected chi connectivity index (χ3v) is 7.71. The largest absolute Gasteiger partial charge is 0.243 e.